The van der Waals surface area contributed by atoms with Gasteiger partial charge in [-0.15, -0.1) is 0 Å². The molecule has 3 N–H and O–H groups in total. The van der Waals surface area contributed by atoms with Crippen molar-refractivity contribution in [3.63, 3.8) is 0 Å². The summed E-state index contributed by atoms with van der Waals surface area (Å²) in [5.41, 5.74) is 6.57. The first kappa shape index (κ1) is 15.0. The quantitative estimate of drug-likeness (QED) is 0.842. The molecule has 0 aromatic heterocycles. The molecule has 0 fully saturated rings. The van der Waals surface area contributed by atoms with Crippen molar-refractivity contribution in [3.8, 4) is 5.75 Å². The van der Waals surface area contributed by atoms with Crippen molar-refractivity contribution in [2.75, 3.05) is 13.1 Å². The number of halogens is 1. The summed E-state index contributed by atoms with van der Waals surface area (Å²) < 4.78 is 6.57. The molecule has 0 spiro atoms. The van der Waals surface area contributed by atoms with Crippen LogP contribution in [0.25, 0.3) is 0 Å². The zero-order chi connectivity index (χ0) is 13.5. The van der Waals surface area contributed by atoms with Gasteiger partial charge < -0.3 is 15.8 Å². The molecule has 0 saturated heterocycles. The zero-order valence-corrected chi connectivity index (χ0v) is 12.3. The summed E-state index contributed by atoms with van der Waals surface area (Å²) >= 11 is 3.44. The number of para-hydroxylation sites is 1. The Kier molecular flexibility index (Phi) is 6.15. The van der Waals surface area contributed by atoms with Crippen LogP contribution in [0.3, 0.4) is 0 Å². The molecule has 0 saturated carbocycles. The maximum atomic E-state index is 11.7. The van der Waals surface area contributed by atoms with Crippen molar-refractivity contribution in [3.05, 3.63) is 28.2 Å². The third-order valence-electron chi connectivity index (χ3n) is 2.48. The molecular formula is C13H19BrN2O2. The van der Waals surface area contributed by atoms with Crippen LogP contribution in [0.4, 0.5) is 0 Å². The van der Waals surface area contributed by atoms with Crippen molar-refractivity contribution in [1.82, 2.24) is 5.32 Å². The van der Waals surface area contributed by atoms with E-state index < -0.39 is 6.10 Å². The van der Waals surface area contributed by atoms with Gasteiger partial charge in [0.05, 0.1) is 4.47 Å². The molecule has 1 aromatic rings. The van der Waals surface area contributed by atoms with Crippen molar-refractivity contribution >= 4 is 21.8 Å². The largest absolute Gasteiger partial charge is 0.479 e. The van der Waals surface area contributed by atoms with E-state index in [2.05, 4.69) is 21.2 Å². The van der Waals surface area contributed by atoms with E-state index in [9.17, 15) is 4.79 Å². The lowest BCUT2D eigenvalue weighted by Gasteiger charge is -2.18. The zero-order valence-electron chi connectivity index (χ0n) is 10.7. The van der Waals surface area contributed by atoms with Crippen molar-refractivity contribution in [2.24, 2.45) is 5.73 Å². The number of carbonyl (C=O) groups is 1. The second kappa shape index (κ2) is 7.38. The maximum Gasteiger partial charge on any atom is 0.260 e. The fourth-order valence-corrected chi connectivity index (χ4v) is 2.09. The first-order valence-electron chi connectivity index (χ1n) is 6.02. The Hall–Kier alpha value is -1.07. The fourth-order valence-electron chi connectivity index (χ4n) is 1.59. The van der Waals surface area contributed by atoms with Crippen molar-refractivity contribution in [2.45, 2.75) is 26.4 Å². The molecule has 0 aliphatic heterocycles. The van der Waals surface area contributed by atoms with E-state index in [4.69, 9.17) is 10.5 Å². The Morgan fingerprint density at radius 2 is 2.28 bits per heavy atom. The van der Waals surface area contributed by atoms with Gasteiger partial charge in [0.15, 0.2) is 6.10 Å². The Morgan fingerprint density at radius 3 is 2.89 bits per heavy atom. The molecule has 0 bridgehead atoms. The standard InChI is InChI=1S/C13H19BrN2O2/c1-3-16-13(17)9(2)18-12-10(7-8-15)5-4-6-11(12)14/h4-6,9H,3,7-8,15H2,1-2H3,(H,16,17). The van der Waals surface area contributed by atoms with E-state index in [0.29, 0.717) is 18.8 Å². The Balaban J connectivity index is 2.85. The molecule has 1 rings (SSSR count). The molecule has 0 radical (unpaired) electrons. The normalized spacial score (nSPS) is 12.0. The molecule has 0 aliphatic rings. The second-order valence-electron chi connectivity index (χ2n) is 3.92. The van der Waals surface area contributed by atoms with Crippen LogP contribution in [0.15, 0.2) is 22.7 Å². The lowest BCUT2D eigenvalue weighted by atomic mass is 10.1. The van der Waals surface area contributed by atoms with Crippen LogP contribution in [0.2, 0.25) is 0 Å². The molecule has 18 heavy (non-hydrogen) atoms. The SMILES string of the molecule is CCNC(=O)C(C)Oc1c(Br)cccc1CCN. The Bertz CT molecular complexity index is 410. The van der Waals surface area contributed by atoms with Gasteiger partial charge in [-0.3, -0.25) is 4.79 Å². The van der Waals surface area contributed by atoms with Gasteiger partial charge in [0, 0.05) is 6.54 Å². The van der Waals surface area contributed by atoms with E-state index in [-0.39, 0.29) is 5.91 Å². The van der Waals surface area contributed by atoms with Gasteiger partial charge in [-0.2, -0.15) is 0 Å². The van der Waals surface area contributed by atoms with E-state index >= 15 is 0 Å². The number of ether oxygens (including phenoxy) is 1. The summed E-state index contributed by atoms with van der Waals surface area (Å²) in [5.74, 6) is 0.577. The van der Waals surface area contributed by atoms with Gasteiger partial charge in [0.1, 0.15) is 5.75 Å². The van der Waals surface area contributed by atoms with Crippen molar-refractivity contribution in [1.29, 1.82) is 0 Å². The minimum Gasteiger partial charge on any atom is -0.479 e. The number of nitrogens with one attached hydrogen (secondary N) is 1. The van der Waals surface area contributed by atoms with E-state index in [0.717, 1.165) is 16.5 Å². The average molecular weight is 315 g/mol. The molecular weight excluding hydrogens is 296 g/mol. The number of hydrogen-bond acceptors (Lipinski definition) is 3. The van der Waals surface area contributed by atoms with Crippen LogP contribution >= 0.6 is 15.9 Å². The number of rotatable bonds is 6. The summed E-state index contributed by atoms with van der Waals surface area (Å²) in [6, 6.07) is 5.77. The second-order valence-corrected chi connectivity index (χ2v) is 4.78. The van der Waals surface area contributed by atoms with Crippen molar-refractivity contribution < 1.29 is 9.53 Å². The number of likely N-dealkylation sites (N-methyl/N-ethyl adjacent to an activating group) is 1. The summed E-state index contributed by atoms with van der Waals surface area (Å²) in [7, 11) is 0. The minimum atomic E-state index is -0.528. The first-order chi connectivity index (χ1) is 8.60. The molecule has 0 heterocycles. The van der Waals surface area contributed by atoms with Gasteiger partial charge in [-0.1, -0.05) is 12.1 Å². The van der Waals surface area contributed by atoms with Crippen LogP contribution < -0.4 is 15.8 Å². The molecule has 100 valence electrons. The number of benzene rings is 1. The smallest absolute Gasteiger partial charge is 0.260 e. The average Bonchev–Trinajstić information content (AvgIpc) is 2.34. The highest BCUT2D eigenvalue weighted by molar-refractivity contribution is 9.10. The minimum absolute atomic E-state index is 0.119. The number of nitrogens with two attached hydrogens (primary N) is 1. The molecule has 4 nitrogen and oxygen atoms in total. The molecule has 1 aromatic carbocycles. The predicted octanol–water partition coefficient (Wildman–Crippen LogP) is 1.85. The summed E-state index contributed by atoms with van der Waals surface area (Å²) in [6.07, 6.45) is 0.192. The van der Waals surface area contributed by atoms with Crippen LogP contribution in [0, 0.1) is 0 Å². The third-order valence-corrected chi connectivity index (χ3v) is 3.10. The van der Waals surface area contributed by atoms with Gasteiger partial charge in [-0.25, -0.2) is 0 Å². The van der Waals surface area contributed by atoms with E-state index in [1.807, 2.05) is 25.1 Å². The van der Waals surface area contributed by atoms with E-state index in [1.165, 1.54) is 0 Å². The first-order valence-corrected chi connectivity index (χ1v) is 6.81. The van der Waals surface area contributed by atoms with Gasteiger partial charge >= 0.3 is 0 Å². The summed E-state index contributed by atoms with van der Waals surface area (Å²) in [5, 5.41) is 2.73. The van der Waals surface area contributed by atoms with Gasteiger partial charge in [0.2, 0.25) is 0 Å². The Labute approximate surface area is 116 Å². The van der Waals surface area contributed by atoms with Gasteiger partial charge in [-0.05, 0) is 54.4 Å². The topological polar surface area (TPSA) is 64.3 Å². The van der Waals surface area contributed by atoms with Crippen LogP contribution in [0.1, 0.15) is 19.4 Å². The highest BCUT2D eigenvalue weighted by Crippen LogP contribution is 2.30. The van der Waals surface area contributed by atoms with Gasteiger partial charge in [0.25, 0.3) is 5.91 Å². The lowest BCUT2D eigenvalue weighted by molar-refractivity contribution is -0.127. The molecule has 1 amide bonds. The summed E-state index contributed by atoms with van der Waals surface area (Å²) in [4.78, 5) is 11.7. The van der Waals surface area contributed by atoms with Crippen LogP contribution in [-0.4, -0.2) is 25.1 Å². The molecule has 0 aliphatic carbocycles. The number of amides is 1. The lowest BCUT2D eigenvalue weighted by Crippen LogP contribution is -2.36. The molecule has 1 atom stereocenters. The fraction of sp³-hybridized carbons (Fsp3) is 0.462. The number of carbonyl (C=O) groups excluding carboxylic acids is 1. The molecule has 5 heteroatoms. The maximum absolute atomic E-state index is 11.7. The Morgan fingerprint density at radius 1 is 1.56 bits per heavy atom. The number of hydrogen-bond donors (Lipinski definition) is 2. The highest BCUT2D eigenvalue weighted by Gasteiger charge is 2.17. The predicted molar refractivity (Wildman–Crippen MR) is 75.7 cm³/mol. The van der Waals surface area contributed by atoms with E-state index in [1.54, 1.807) is 6.92 Å². The monoisotopic (exact) mass is 314 g/mol. The highest BCUT2D eigenvalue weighted by atomic mass is 79.9. The van der Waals surface area contributed by atoms with Crippen LogP contribution in [0.5, 0.6) is 5.75 Å². The third kappa shape index (κ3) is 3.99. The molecule has 1 unspecified atom stereocenters. The summed E-state index contributed by atoms with van der Waals surface area (Å²) in [6.45, 7) is 4.75. The van der Waals surface area contributed by atoms with Crippen LogP contribution in [-0.2, 0) is 11.2 Å².